The Hall–Kier alpha value is -0.500. The van der Waals surface area contributed by atoms with E-state index in [0.717, 1.165) is 11.5 Å². The van der Waals surface area contributed by atoms with Gasteiger partial charge in [0.2, 0.25) is 0 Å². The van der Waals surface area contributed by atoms with E-state index < -0.39 is 0 Å². The fourth-order valence-corrected chi connectivity index (χ4v) is 4.23. The molecule has 0 heterocycles. The van der Waals surface area contributed by atoms with Gasteiger partial charge < -0.3 is 33.5 Å². The average molecular weight is 496 g/mol. The number of methoxy groups -OCH3 is 2. The molecule has 2 aromatic carbocycles. The molecular weight excluding hydrogens is 478 g/mol. The van der Waals surface area contributed by atoms with Crippen LogP contribution in [0.5, 0.6) is 11.5 Å². The fourth-order valence-electron chi connectivity index (χ4n) is 1.69. The number of halogens is 2. The number of alkyl halides is 2. The quantitative estimate of drug-likeness (QED) is 0.326. The highest BCUT2D eigenvalue weighted by Crippen LogP contribution is 2.11. The molecule has 0 radical (unpaired) electrons. The molecule has 2 aromatic rings. The van der Waals surface area contributed by atoms with Crippen LogP contribution in [0.2, 0.25) is 0 Å². The van der Waals surface area contributed by atoms with Crippen molar-refractivity contribution in [1.29, 1.82) is 0 Å². The molecule has 0 aromatic heterocycles. The van der Waals surface area contributed by atoms with Gasteiger partial charge in [0.05, 0.1) is 14.2 Å². The minimum atomic E-state index is 0. The van der Waals surface area contributed by atoms with E-state index in [1.807, 2.05) is 24.3 Å². The first-order valence-corrected chi connectivity index (χ1v) is 9.16. The van der Waals surface area contributed by atoms with Crippen LogP contribution in [-0.2, 0) is 8.86 Å². The van der Waals surface area contributed by atoms with Crippen LogP contribution < -0.4 is 54.7 Å². The summed E-state index contributed by atoms with van der Waals surface area (Å²) in [7, 11) is 3.40. The van der Waals surface area contributed by atoms with Crippen LogP contribution >= 0.6 is 0 Å². The highest BCUT2D eigenvalue weighted by atomic mass is 127. The fraction of sp³-hybridized carbons (Fsp3) is 0.250. The topological polar surface area (TPSA) is 18.5 Å². The first kappa shape index (κ1) is 17.6. The van der Waals surface area contributed by atoms with Gasteiger partial charge in [0, 0.05) is 0 Å². The van der Waals surface area contributed by atoms with Crippen molar-refractivity contribution >= 4 is 0 Å². The van der Waals surface area contributed by atoms with Gasteiger partial charge in [-0.15, -0.1) is 0 Å². The molecule has 4 heteroatoms. The summed E-state index contributed by atoms with van der Waals surface area (Å²) in [5.74, 6) is 1.86. The molecule has 0 bridgehead atoms. The van der Waals surface area contributed by atoms with Crippen LogP contribution in [-0.4, -0.2) is 14.2 Å². The molecule has 0 N–H and O–H groups in total. The van der Waals surface area contributed by atoms with Gasteiger partial charge >= 0.3 is 0 Å². The maximum absolute atomic E-state index is 5.16. The van der Waals surface area contributed by atoms with Crippen molar-refractivity contribution in [3.8, 4) is 11.5 Å². The average Bonchev–Trinajstić information content (AvgIpc) is 2.49. The predicted molar refractivity (Wildman–Crippen MR) is 73.4 cm³/mol. The Bertz CT molecular complexity index is 447. The van der Waals surface area contributed by atoms with Gasteiger partial charge in [-0.2, -0.15) is 0 Å². The first-order chi connectivity index (χ1) is 9.31. The van der Waals surface area contributed by atoms with Crippen molar-refractivity contribution in [1.82, 2.24) is 0 Å². The standard InChI is InChI=1S/C16H18IO2.HI/c1-18-15-7-3-13(4-8-15)11-17-12-14-5-9-16(19-2)10-6-14;/h3-10H,11-12H2,1-2H3;1H/q+1;/p-1. The van der Waals surface area contributed by atoms with E-state index in [-0.39, 0.29) is 45.2 Å². The third kappa shape index (κ3) is 5.47. The Morgan fingerprint density at radius 3 is 1.35 bits per heavy atom. The summed E-state index contributed by atoms with van der Waals surface area (Å²) in [6.45, 7) is 0. The molecule has 0 fully saturated rings. The van der Waals surface area contributed by atoms with Crippen LogP contribution in [0.4, 0.5) is 0 Å². The van der Waals surface area contributed by atoms with Gasteiger partial charge in [-0.05, 0) is 35.4 Å². The molecule has 0 unspecified atom stereocenters. The van der Waals surface area contributed by atoms with Crippen molar-refractivity contribution in [2.45, 2.75) is 8.86 Å². The van der Waals surface area contributed by atoms with Crippen LogP contribution in [0.1, 0.15) is 11.1 Å². The van der Waals surface area contributed by atoms with E-state index in [1.165, 1.54) is 20.0 Å². The largest absolute Gasteiger partial charge is 1.00 e. The van der Waals surface area contributed by atoms with Crippen molar-refractivity contribution in [3.05, 3.63) is 59.7 Å². The van der Waals surface area contributed by atoms with Crippen LogP contribution in [0, 0.1) is 0 Å². The lowest BCUT2D eigenvalue weighted by molar-refractivity contribution is -0.686. The normalized spacial score (nSPS) is 9.70. The van der Waals surface area contributed by atoms with Crippen LogP contribution in [0.15, 0.2) is 48.5 Å². The monoisotopic (exact) mass is 496 g/mol. The zero-order valence-corrected chi connectivity index (χ0v) is 15.9. The summed E-state index contributed by atoms with van der Waals surface area (Å²) in [5.41, 5.74) is 2.81. The van der Waals surface area contributed by atoms with Crippen molar-refractivity contribution in [2.75, 3.05) is 14.2 Å². The predicted octanol–water partition coefficient (Wildman–Crippen LogP) is -2.50. The first-order valence-electron chi connectivity index (χ1n) is 6.11. The second kappa shape index (κ2) is 9.44. The molecule has 0 aliphatic carbocycles. The molecule has 108 valence electrons. The number of benzene rings is 2. The number of ether oxygens (including phenoxy) is 2. The molecule has 0 aliphatic heterocycles. The van der Waals surface area contributed by atoms with Gasteiger partial charge in [-0.3, -0.25) is 0 Å². The second-order valence-corrected chi connectivity index (χ2v) is 6.76. The van der Waals surface area contributed by atoms with Crippen LogP contribution in [0.25, 0.3) is 0 Å². The summed E-state index contributed by atoms with van der Waals surface area (Å²) in [4.78, 5) is 0. The molecule has 2 rings (SSSR count). The number of rotatable bonds is 6. The van der Waals surface area contributed by atoms with Crippen molar-refractivity contribution < 1.29 is 54.7 Å². The Morgan fingerprint density at radius 2 is 1.05 bits per heavy atom. The Morgan fingerprint density at radius 1 is 0.700 bits per heavy atom. The minimum Gasteiger partial charge on any atom is -1.00 e. The van der Waals surface area contributed by atoms with E-state index in [1.54, 1.807) is 14.2 Å². The smallest absolute Gasteiger partial charge is 0.278 e. The zero-order valence-electron chi connectivity index (χ0n) is 11.6. The van der Waals surface area contributed by atoms with Crippen LogP contribution in [0.3, 0.4) is 0 Å². The highest BCUT2D eigenvalue weighted by Gasteiger charge is 2.09. The van der Waals surface area contributed by atoms with Crippen molar-refractivity contribution in [3.63, 3.8) is 0 Å². The van der Waals surface area contributed by atoms with E-state index in [9.17, 15) is 0 Å². The molecule has 20 heavy (non-hydrogen) atoms. The van der Waals surface area contributed by atoms with Gasteiger partial charge in [0.1, 0.15) is 11.5 Å². The zero-order chi connectivity index (χ0) is 13.5. The number of hydrogen-bond acceptors (Lipinski definition) is 2. The third-order valence-corrected chi connectivity index (χ3v) is 5.66. The second-order valence-electron chi connectivity index (χ2n) is 4.15. The highest BCUT2D eigenvalue weighted by molar-refractivity contribution is 5.27. The lowest BCUT2D eigenvalue weighted by Crippen LogP contribution is -3.61. The molecule has 0 aliphatic rings. The molecule has 0 amide bonds. The van der Waals surface area contributed by atoms with E-state index in [4.69, 9.17) is 9.47 Å². The van der Waals surface area contributed by atoms with Gasteiger partial charge in [-0.1, -0.05) is 24.3 Å². The maximum Gasteiger partial charge on any atom is 0.278 e. The van der Waals surface area contributed by atoms with E-state index in [0.29, 0.717) is 0 Å². The number of hydrogen-bond donors (Lipinski definition) is 0. The molecule has 0 saturated carbocycles. The van der Waals surface area contributed by atoms with Gasteiger partial charge in [0.15, 0.2) is 8.86 Å². The third-order valence-electron chi connectivity index (χ3n) is 2.82. The van der Waals surface area contributed by atoms with Gasteiger partial charge in [-0.25, -0.2) is 0 Å². The minimum absolute atomic E-state index is 0. The Balaban J connectivity index is 0.00000200. The molecule has 0 atom stereocenters. The molecule has 2 nitrogen and oxygen atoms in total. The summed E-state index contributed by atoms with van der Waals surface area (Å²) < 4.78 is 12.7. The Labute approximate surface area is 148 Å². The van der Waals surface area contributed by atoms with Crippen molar-refractivity contribution in [2.24, 2.45) is 0 Å². The van der Waals surface area contributed by atoms with E-state index in [2.05, 4.69) is 24.3 Å². The molecule has 0 saturated heterocycles. The summed E-state index contributed by atoms with van der Waals surface area (Å²) >= 11 is 0.157. The van der Waals surface area contributed by atoms with E-state index >= 15 is 0 Å². The molecular formula is C16H18I2O2. The maximum atomic E-state index is 5.16. The lowest BCUT2D eigenvalue weighted by atomic mass is 10.2. The Kier molecular flexibility index (Phi) is 8.28. The lowest BCUT2D eigenvalue weighted by Gasteiger charge is -1.99. The summed E-state index contributed by atoms with van der Waals surface area (Å²) in [6, 6.07) is 16.8. The summed E-state index contributed by atoms with van der Waals surface area (Å²) in [5, 5.41) is 0. The molecule has 0 spiro atoms. The van der Waals surface area contributed by atoms with Gasteiger partial charge in [0.25, 0.3) is 21.2 Å². The SMILES string of the molecule is COc1ccc(C[I+]Cc2ccc(OC)cc2)cc1.[I-]. The summed E-state index contributed by atoms with van der Waals surface area (Å²) in [6.07, 6.45) is 0.